The molecule has 0 atom stereocenters. The molecule has 0 radical (unpaired) electrons. The van der Waals surface area contributed by atoms with Crippen LogP contribution in [0.2, 0.25) is 0 Å². The van der Waals surface area contributed by atoms with Gasteiger partial charge in [0, 0.05) is 70.5 Å². The molecule has 2 aromatic heterocycles. The Morgan fingerprint density at radius 3 is 2.73 bits per heavy atom. The van der Waals surface area contributed by atoms with Crippen LogP contribution in [0.3, 0.4) is 0 Å². The first-order valence-corrected chi connectivity index (χ1v) is 10.1. The Bertz CT molecular complexity index is 1090. The molecule has 0 N–H and O–H groups in total. The average molecular weight is 403 g/mol. The maximum atomic E-state index is 12.3. The van der Waals surface area contributed by atoms with Crippen molar-refractivity contribution in [3.63, 3.8) is 0 Å². The monoisotopic (exact) mass is 403 g/mol. The molecule has 3 aromatic rings. The lowest BCUT2D eigenvalue weighted by molar-refractivity contribution is 0.0799. The predicted octanol–water partition coefficient (Wildman–Crippen LogP) is 3.45. The number of amides is 1. The summed E-state index contributed by atoms with van der Waals surface area (Å²) in [5.41, 5.74) is 3.42. The lowest BCUT2D eigenvalue weighted by atomic mass is 10.2. The van der Waals surface area contributed by atoms with E-state index >= 15 is 0 Å². The van der Waals surface area contributed by atoms with Crippen molar-refractivity contribution in [1.29, 1.82) is 0 Å². The first-order chi connectivity index (χ1) is 14.5. The van der Waals surface area contributed by atoms with Crippen LogP contribution in [0.25, 0.3) is 15.8 Å². The second kappa shape index (κ2) is 8.56. The van der Waals surface area contributed by atoms with E-state index in [1.54, 1.807) is 26.4 Å². The van der Waals surface area contributed by atoms with Gasteiger partial charge in [-0.25, -0.2) is 4.85 Å². The fourth-order valence-corrected chi connectivity index (χ4v) is 3.78. The van der Waals surface area contributed by atoms with Crippen molar-refractivity contribution >= 4 is 28.3 Å². The summed E-state index contributed by atoms with van der Waals surface area (Å²) < 4.78 is 5.95. The van der Waals surface area contributed by atoms with E-state index in [4.69, 9.17) is 11.0 Å². The highest BCUT2D eigenvalue weighted by Crippen LogP contribution is 2.30. The van der Waals surface area contributed by atoms with Crippen molar-refractivity contribution in [2.75, 3.05) is 51.7 Å². The molecule has 1 aromatic carbocycles. The molecule has 1 saturated heterocycles. The molecule has 4 rings (SSSR count). The zero-order valence-corrected chi connectivity index (χ0v) is 17.3. The van der Waals surface area contributed by atoms with Gasteiger partial charge in [0.1, 0.15) is 0 Å². The largest absolute Gasteiger partial charge is 0.449 e. The van der Waals surface area contributed by atoms with E-state index in [1.165, 1.54) is 4.90 Å². The quantitative estimate of drug-likeness (QED) is 0.611. The molecule has 30 heavy (non-hydrogen) atoms. The van der Waals surface area contributed by atoms with E-state index in [0.29, 0.717) is 11.4 Å². The third-order valence-electron chi connectivity index (χ3n) is 5.47. The van der Waals surface area contributed by atoms with Crippen molar-refractivity contribution in [3.05, 3.63) is 65.5 Å². The number of rotatable bonds is 5. The third-order valence-corrected chi connectivity index (χ3v) is 5.47. The Balaban J connectivity index is 1.41. The smallest absolute Gasteiger partial charge is 0.289 e. The lowest BCUT2D eigenvalue weighted by Crippen LogP contribution is -2.47. The maximum Gasteiger partial charge on any atom is 0.289 e. The Hall–Kier alpha value is -3.37. The summed E-state index contributed by atoms with van der Waals surface area (Å²) in [7, 11) is 3.45. The zero-order valence-electron chi connectivity index (χ0n) is 17.3. The highest BCUT2D eigenvalue weighted by atomic mass is 16.3. The number of hydrogen-bond donors (Lipinski definition) is 0. The van der Waals surface area contributed by atoms with Crippen LogP contribution in [0, 0.1) is 6.57 Å². The number of nitrogens with zero attached hydrogens (tertiary/aromatic N) is 5. The minimum atomic E-state index is -0.127. The molecule has 1 aliphatic rings. The summed E-state index contributed by atoms with van der Waals surface area (Å²) in [6.45, 7) is 11.7. The highest BCUT2D eigenvalue weighted by Gasteiger charge is 2.22. The minimum absolute atomic E-state index is 0.127. The minimum Gasteiger partial charge on any atom is -0.449 e. The topological polar surface area (TPSA) is 57.2 Å². The zero-order chi connectivity index (χ0) is 21.1. The maximum absolute atomic E-state index is 12.3. The SMILES string of the molecule is [C-]#[N+]c1ccnc(CCN2CCN(c3cccc4cc(C(=O)N(C)C)oc34)CC2)c1. The number of para-hydroxylation sites is 1. The summed E-state index contributed by atoms with van der Waals surface area (Å²) in [4.78, 5) is 26.4. The molecule has 0 aliphatic carbocycles. The number of furan rings is 1. The van der Waals surface area contributed by atoms with Crippen molar-refractivity contribution in [2.45, 2.75) is 6.42 Å². The molecule has 0 saturated carbocycles. The first-order valence-electron chi connectivity index (χ1n) is 10.1. The Morgan fingerprint density at radius 1 is 1.20 bits per heavy atom. The number of aromatic nitrogens is 1. The van der Waals surface area contributed by atoms with Gasteiger partial charge in [-0.2, -0.15) is 0 Å². The number of carbonyl (C=O) groups excluding carboxylic acids is 1. The van der Waals surface area contributed by atoms with Gasteiger partial charge in [-0.15, -0.1) is 0 Å². The van der Waals surface area contributed by atoms with Crippen molar-refractivity contribution < 1.29 is 9.21 Å². The molecule has 1 amide bonds. The summed E-state index contributed by atoms with van der Waals surface area (Å²) in [6.07, 6.45) is 2.55. The van der Waals surface area contributed by atoms with Crippen LogP contribution in [-0.2, 0) is 6.42 Å². The summed E-state index contributed by atoms with van der Waals surface area (Å²) in [6, 6.07) is 11.5. The number of hydrogen-bond acceptors (Lipinski definition) is 5. The summed E-state index contributed by atoms with van der Waals surface area (Å²) >= 11 is 0. The standard InChI is InChI=1S/C23H25N5O2/c1-24-18-7-9-25-19(16-18)8-10-27-11-13-28(14-12-27)20-6-4-5-17-15-21(30-22(17)20)23(29)26(2)3/h4-7,9,15-16H,8,10-14H2,2-3H3. The summed E-state index contributed by atoms with van der Waals surface area (Å²) in [5.74, 6) is 0.244. The van der Waals surface area contributed by atoms with Gasteiger partial charge in [-0.1, -0.05) is 12.1 Å². The fourth-order valence-electron chi connectivity index (χ4n) is 3.78. The van der Waals surface area contributed by atoms with E-state index in [-0.39, 0.29) is 5.91 Å². The molecule has 0 unspecified atom stereocenters. The number of benzene rings is 1. The van der Waals surface area contributed by atoms with Gasteiger partial charge in [0.15, 0.2) is 17.0 Å². The predicted molar refractivity (Wildman–Crippen MR) is 117 cm³/mol. The van der Waals surface area contributed by atoms with Crippen molar-refractivity contribution in [2.24, 2.45) is 0 Å². The van der Waals surface area contributed by atoms with Crippen LogP contribution in [0.1, 0.15) is 16.2 Å². The van der Waals surface area contributed by atoms with Crippen LogP contribution >= 0.6 is 0 Å². The van der Waals surface area contributed by atoms with Crippen LogP contribution in [0.5, 0.6) is 0 Å². The van der Waals surface area contributed by atoms with E-state index in [2.05, 4.69) is 25.7 Å². The van der Waals surface area contributed by atoms with Crippen LogP contribution < -0.4 is 4.90 Å². The van der Waals surface area contributed by atoms with Gasteiger partial charge >= 0.3 is 0 Å². The molecule has 1 fully saturated rings. The molecule has 0 spiro atoms. The third kappa shape index (κ3) is 4.14. The molecular weight excluding hydrogens is 378 g/mol. The first kappa shape index (κ1) is 19.9. The molecule has 7 heteroatoms. The Kier molecular flexibility index (Phi) is 5.68. The van der Waals surface area contributed by atoms with E-state index < -0.39 is 0 Å². The van der Waals surface area contributed by atoms with E-state index in [9.17, 15) is 4.79 Å². The molecule has 154 valence electrons. The second-order valence-corrected chi connectivity index (χ2v) is 7.70. The molecular formula is C23H25N5O2. The van der Waals surface area contributed by atoms with Gasteiger partial charge < -0.3 is 14.2 Å². The number of fused-ring (bicyclic) bond motifs is 1. The summed E-state index contributed by atoms with van der Waals surface area (Å²) in [5, 5.41) is 0.950. The van der Waals surface area contributed by atoms with Gasteiger partial charge in [-0.05, 0) is 24.3 Å². The van der Waals surface area contributed by atoms with Gasteiger partial charge in [-0.3, -0.25) is 14.7 Å². The van der Waals surface area contributed by atoms with Crippen molar-refractivity contribution in [3.8, 4) is 0 Å². The number of anilines is 1. The molecule has 3 heterocycles. The van der Waals surface area contributed by atoms with Crippen LogP contribution in [-0.4, -0.2) is 67.5 Å². The fraction of sp³-hybridized carbons (Fsp3) is 0.348. The van der Waals surface area contributed by atoms with Crippen LogP contribution in [0.4, 0.5) is 11.4 Å². The average Bonchev–Trinajstić information content (AvgIpc) is 3.22. The van der Waals surface area contributed by atoms with Crippen molar-refractivity contribution in [1.82, 2.24) is 14.8 Å². The Labute approximate surface area is 176 Å². The highest BCUT2D eigenvalue weighted by molar-refractivity contribution is 5.99. The molecule has 0 bridgehead atoms. The van der Waals surface area contributed by atoms with Gasteiger partial charge in [0.2, 0.25) is 0 Å². The Morgan fingerprint density at radius 2 is 2.00 bits per heavy atom. The molecule has 7 nitrogen and oxygen atoms in total. The van der Waals surface area contributed by atoms with E-state index in [1.807, 2.05) is 24.3 Å². The van der Waals surface area contributed by atoms with Gasteiger partial charge in [0.05, 0.1) is 12.3 Å². The number of piperazine rings is 1. The number of carbonyl (C=O) groups is 1. The van der Waals surface area contributed by atoms with E-state index in [0.717, 1.165) is 61.5 Å². The van der Waals surface area contributed by atoms with Crippen LogP contribution in [0.15, 0.2) is 47.0 Å². The second-order valence-electron chi connectivity index (χ2n) is 7.70. The lowest BCUT2D eigenvalue weighted by Gasteiger charge is -2.36. The van der Waals surface area contributed by atoms with Gasteiger partial charge in [0.25, 0.3) is 5.91 Å². The number of pyridine rings is 1. The normalized spacial score (nSPS) is 14.6. The molecule has 1 aliphatic heterocycles.